The molecule has 0 spiro atoms. The Kier molecular flexibility index (Phi) is 3.77. The Morgan fingerprint density at radius 3 is 2.60 bits per heavy atom. The van der Waals surface area contributed by atoms with Gasteiger partial charge in [0.05, 0.1) is 6.42 Å². The van der Waals surface area contributed by atoms with Crippen LogP contribution in [-0.4, -0.2) is 34.6 Å². The van der Waals surface area contributed by atoms with Crippen LogP contribution in [0.1, 0.15) is 47.0 Å². The first kappa shape index (κ1) is 12.5. The van der Waals surface area contributed by atoms with Crippen molar-refractivity contribution in [1.82, 2.24) is 4.90 Å². The van der Waals surface area contributed by atoms with E-state index >= 15 is 0 Å². The third-order valence-electron chi connectivity index (χ3n) is 3.33. The summed E-state index contributed by atoms with van der Waals surface area (Å²) >= 11 is 0. The normalized spacial score (nSPS) is 25.5. The lowest BCUT2D eigenvalue weighted by Gasteiger charge is -2.38. The van der Waals surface area contributed by atoms with Crippen molar-refractivity contribution in [3.8, 4) is 0 Å². The minimum absolute atomic E-state index is 0.161. The molecule has 88 valence electrons. The van der Waals surface area contributed by atoms with Crippen molar-refractivity contribution in [2.24, 2.45) is 5.41 Å². The molecule has 0 aromatic heterocycles. The zero-order valence-electron chi connectivity index (χ0n) is 10.3. The van der Waals surface area contributed by atoms with Crippen LogP contribution < -0.4 is 0 Å². The maximum atomic E-state index is 10.7. The number of aliphatic carboxylic acids is 1. The van der Waals surface area contributed by atoms with Gasteiger partial charge in [-0.05, 0) is 31.7 Å². The summed E-state index contributed by atoms with van der Waals surface area (Å²) in [7, 11) is 0. The van der Waals surface area contributed by atoms with E-state index in [0.29, 0.717) is 6.04 Å². The SMILES string of the molecule is CC(CC(=O)O)N1CCCC1C(C)(C)C. The molecule has 2 atom stereocenters. The molecular formula is C12H23NO2. The summed E-state index contributed by atoms with van der Waals surface area (Å²) < 4.78 is 0. The van der Waals surface area contributed by atoms with Gasteiger partial charge in [-0.15, -0.1) is 0 Å². The van der Waals surface area contributed by atoms with Crippen molar-refractivity contribution in [2.45, 2.75) is 59.0 Å². The molecule has 1 N–H and O–H groups in total. The summed E-state index contributed by atoms with van der Waals surface area (Å²) in [4.78, 5) is 13.1. The van der Waals surface area contributed by atoms with Gasteiger partial charge in [-0.3, -0.25) is 9.69 Å². The van der Waals surface area contributed by atoms with Crippen LogP contribution in [0.15, 0.2) is 0 Å². The number of carboxylic acids is 1. The van der Waals surface area contributed by atoms with Crippen molar-refractivity contribution >= 4 is 5.97 Å². The van der Waals surface area contributed by atoms with Gasteiger partial charge in [0.1, 0.15) is 0 Å². The average molecular weight is 213 g/mol. The second-order valence-electron chi connectivity index (χ2n) is 5.71. The lowest BCUT2D eigenvalue weighted by molar-refractivity contribution is -0.138. The Balaban J connectivity index is 2.64. The molecule has 2 unspecified atom stereocenters. The highest BCUT2D eigenvalue weighted by Gasteiger charge is 2.36. The summed E-state index contributed by atoms with van der Waals surface area (Å²) in [5.41, 5.74) is 0.253. The fourth-order valence-electron chi connectivity index (χ4n) is 2.62. The second-order valence-corrected chi connectivity index (χ2v) is 5.71. The molecule has 3 nitrogen and oxygen atoms in total. The fourth-order valence-corrected chi connectivity index (χ4v) is 2.62. The van der Waals surface area contributed by atoms with Crippen LogP contribution in [0.3, 0.4) is 0 Å². The Hall–Kier alpha value is -0.570. The predicted molar refractivity (Wildman–Crippen MR) is 60.9 cm³/mol. The molecule has 0 radical (unpaired) electrons. The van der Waals surface area contributed by atoms with Gasteiger partial charge < -0.3 is 5.11 Å². The zero-order valence-corrected chi connectivity index (χ0v) is 10.3. The van der Waals surface area contributed by atoms with Crippen molar-refractivity contribution in [3.63, 3.8) is 0 Å². The lowest BCUT2D eigenvalue weighted by Crippen LogP contribution is -2.44. The number of hydrogen-bond acceptors (Lipinski definition) is 2. The minimum atomic E-state index is -0.693. The van der Waals surface area contributed by atoms with Crippen LogP contribution >= 0.6 is 0 Å². The molecule has 1 aliphatic rings. The van der Waals surface area contributed by atoms with Crippen molar-refractivity contribution in [1.29, 1.82) is 0 Å². The highest BCUT2D eigenvalue weighted by Crippen LogP contribution is 2.34. The summed E-state index contributed by atoms with van der Waals surface area (Å²) in [5.74, 6) is -0.693. The summed E-state index contributed by atoms with van der Waals surface area (Å²) in [6, 6.07) is 0.695. The van der Waals surface area contributed by atoms with Crippen LogP contribution in [0.5, 0.6) is 0 Å². The van der Waals surface area contributed by atoms with E-state index in [-0.39, 0.29) is 17.9 Å². The first-order chi connectivity index (χ1) is 6.82. The summed E-state index contributed by atoms with van der Waals surface area (Å²) in [5, 5.41) is 8.81. The average Bonchev–Trinajstić information content (AvgIpc) is 2.48. The smallest absolute Gasteiger partial charge is 0.304 e. The quantitative estimate of drug-likeness (QED) is 0.782. The highest BCUT2D eigenvalue weighted by molar-refractivity contribution is 5.67. The van der Waals surface area contributed by atoms with Gasteiger partial charge in [0, 0.05) is 12.1 Å². The van der Waals surface area contributed by atoms with E-state index in [1.54, 1.807) is 0 Å². The number of nitrogens with zero attached hydrogens (tertiary/aromatic N) is 1. The topological polar surface area (TPSA) is 40.5 Å². The Bertz CT molecular complexity index is 232. The molecule has 15 heavy (non-hydrogen) atoms. The fraction of sp³-hybridized carbons (Fsp3) is 0.917. The number of carboxylic acid groups (broad SMARTS) is 1. The van der Waals surface area contributed by atoms with Crippen LogP contribution in [0.2, 0.25) is 0 Å². The molecule has 0 bridgehead atoms. The van der Waals surface area contributed by atoms with E-state index in [1.807, 2.05) is 6.92 Å². The predicted octanol–water partition coefficient (Wildman–Crippen LogP) is 2.36. The second kappa shape index (κ2) is 4.52. The Morgan fingerprint density at radius 2 is 2.13 bits per heavy atom. The van der Waals surface area contributed by atoms with Gasteiger partial charge in [0.15, 0.2) is 0 Å². The molecule has 1 saturated heterocycles. The third kappa shape index (κ3) is 3.20. The molecule has 3 heteroatoms. The van der Waals surface area contributed by atoms with Crippen LogP contribution in [0.25, 0.3) is 0 Å². The maximum Gasteiger partial charge on any atom is 0.304 e. The zero-order chi connectivity index (χ0) is 11.6. The highest BCUT2D eigenvalue weighted by atomic mass is 16.4. The van der Waals surface area contributed by atoms with E-state index in [1.165, 1.54) is 12.8 Å². The maximum absolute atomic E-state index is 10.7. The summed E-state index contributed by atoms with van der Waals surface area (Å²) in [6.45, 7) is 9.80. The first-order valence-corrected chi connectivity index (χ1v) is 5.80. The van der Waals surface area contributed by atoms with E-state index < -0.39 is 5.97 Å². The monoisotopic (exact) mass is 213 g/mol. The first-order valence-electron chi connectivity index (χ1n) is 5.80. The Morgan fingerprint density at radius 1 is 1.53 bits per heavy atom. The van der Waals surface area contributed by atoms with Crippen molar-refractivity contribution in [2.75, 3.05) is 6.54 Å². The molecule has 0 aromatic carbocycles. The number of carbonyl (C=O) groups is 1. The van der Waals surface area contributed by atoms with Crippen LogP contribution in [0.4, 0.5) is 0 Å². The van der Waals surface area contributed by atoms with Crippen LogP contribution in [0, 0.1) is 5.41 Å². The molecule has 1 heterocycles. The molecule has 0 aliphatic carbocycles. The van der Waals surface area contributed by atoms with Crippen molar-refractivity contribution in [3.05, 3.63) is 0 Å². The van der Waals surface area contributed by atoms with Crippen molar-refractivity contribution < 1.29 is 9.90 Å². The molecule has 0 aromatic rings. The Labute approximate surface area is 92.5 Å². The molecule has 0 saturated carbocycles. The lowest BCUT2D eigenvalue weighted by atomic mass is 9.84. The molecule has 1 aliphatic heterocycles. The third-order valence-corrected chi connectivity index (χ3v) is 3.33. The number of hydrogen-bond donors (Lipinski definition) is 1. The van der Waals surface area contributed by atoms with Crippen LogP contribution in [-0.2, 0) is 4.79 Å². The van der Waals surface area contributed by atoms with Gasteiger partial charge in [0.25, 0.3) is 0 Å². The number of likely N-dealkylation sites (tertiary alicyclic amines) is 1. The van der Waals surface area contributed by atoms with Gasteiger partial charge in [0.2, 0.25) is 0 Å². The van der Waals surface area contributed by atoms with E-state index in [9.17, 15) is 4.79 Å². The molecule has 1 rings (SSSR count). The van der Waals surface area contributed by atoms with Gasteiger partial charge in [-0.25, -0.2) is 0 Å². The molecular weight excluding hydrogens is 190 g/mol. The van der Waals surface area contributed by atoms with Gasteiger partial charge in [-0.1, -0.05) is 20.8 Å². The standard InChI is InChI=1S/C12H23NO2/c1-9(8-11(14)15)13-7-5-6-10(13)12(2,3)4/h9-10H,5-8H2,1-4H3,(H,14,15). The van der Waals surface area contributed by atoms with E-state index in [4.69, 9.17) is 5.11 Å². The summed E-state index contributed by atoms with van der Waals surface area (Å²) in [6.07, 6.45) is 2.66. The largest absolute Gasteiger partial charge is 0.481 e. The minimum Gasteiger partial charge on any atom is -0.481 e. The van der Waals surface area contributed by atoms with Gasteiger partial charge >= 0.3 is 5.97 Å². The van der Waals surface area contributed by atoms with E-state index in [0.717, 1.165) is 6.54 Å². The molecule has 0 amide bonds. The van der Waals surface area contributed by atoms with E-state index in [2.05, 4.69) is 25.7 Å². The number of rotatable bonds is 3. The van der Waals surface area contributed by atoms with Gasteiger partial charge in [-0.2, -0.15) is 0 Å². The molecule has 1 fully saturated rings.